The summed E-state index contributed by atoms with van der Waals surface area (Å²) >= 11 is 0. The number of benzene rings is 1. The zero-order valence-electron chi connectivity index (χ0n) is 15.8. The molecule has 0 aromatic heterocycles. The van der Waals surface area contributed by atoms with Crippen LogP contribution in [0.15, 0.2) is 54.5 Å². The number of rotatable bonds is 8. The first-order chi connectivity index (χ1) is 13.6. The van der Waals surface area contributed by atoms with Crippen LogP contribution in [0.25, 0.3) is 0 Å². The Labute approximate surface area is 168 Å². The minimum absolute atomic E-state index is 0.0950. The van der Waals surface area contributed by atoms with Crippen LogP contribution in [0.2, 0.25) is 0 Å². The highest BCUT2D eigenvalue weighted by Crippen LogP contribution is 2.29. The maximum absolute atomic E-state index is 12.8. The van der Waals surface area contributed by atoms with E-state index < -0.39 is 22.1 Å². The van der Waals surface area contributed by atoms with E-state index in [1.54, 1.807) is 17.1 Å². The quantitative estimate of drug-likeness (QED) is 0.592. The summed E-state index contributed by atoms with van der Waals surface area (Å²) in [7, 11) is -4.00. The molecule has 1 aliphatic heterocycles. The van der Waals surface area contributed by atoms with Crippen LogP contribution in [0.4, 0.5) is 13.2 Å². The molecule has 6 nitrogen and oxygen atoms in total. The van der Waals surface area contributed by atoms with Crippen molar-refractivity contribution in [1.82, 2.24) is 9.21 Å². The fourth-order valence-corrected chi connectivity index (χ4v) is 4.65. The molecule has 0 aliphatic carbocycles. The number of halogens is 3. The van der Waals surface area contributed by atoms with Gasteiger partial charge >= 0.3 is 6.36 Å². The number of hydrogen-bond donors (Lipinski definition) is 0. The van der Waals surface area contributed by atoms with E-state index in [-0.39, 0.29) is 29.8 Å². The van der Waals surface area contributed by atoms with Gasteiger partial charge in [-0.2, -0.15) is 4.31 Å². The number of ether oxygens (including phenoxy) is 1. The second kappa shape index (κ2) is 9.45. The molecule has 0 saturated carbocycles. The predicted octanol–water partition coefficient (Wildman–Crippen LogP) is 3.19. The molecule has 29 heavy (non-hydrogen) atoms. The summed E-state index contributed by atoms with van der Waals surface area (Å²) < 4.78 is 67.7. The summed E-state index contributed by atoms with van der Waals surface area (Å²) in [4.78, 5) is 13.9. The average molecular weight is 432 g/mol. The van der Waals surface area contributed by atoms with Crippen LogP contribution in [0.1, 0.15) is 12.8 Å². The van der Waals surface area contributed by atoms with Gasteiger partial charge in [0.15, 0.2) is 0 Å². The monoisotopic (exact) mass is 432 g/mol. The van der Waals surface area contributed by atoms with Crippen molar-refractivity contribution < 1.29 is 31.1 Å². The lowest BCUT2D eigenvalue weighted by Gasteiger charge is -2.33. The van der Waals surface area contributed by atoms with Gasteiger partial charge in [0, 0.05) is 38.2 Å². The largest absolute Gasteiger partial charge is 0.573 e. The van der Waals surface area contributed by atoms with Gasteiger partial charge in [-0.15, -0.1) is 26.3 Å². The molecule has 1 fully saturated rings. The number of alkyl halides is 3. The fourth-order valence-electron chi connectivity index (χ4n) is 3.15. The molecule has 0 unspecified atom stereocenters. The molecule has 1 amide bonds. The number of amides is 1. The molecule has 1 aromatic carbocycles. The normalized spacial score (nSPS) is 16.2. The average Bonchev–Trinajstić information content (AvgIpc) is 2.66. The third-order valence-corrected chi connectivity index (χ3v) is 6.39. The Balaban J connectivity index is 2.08. The third kappa shape index (κ3) is 6.07. The second-order valence-corrected chi connectivity index (χ2v) is 8.46. The van der Waals surface area contributed by atoms with Crippen LogP contribution in [0.3, 0.4) is 0 Å². The third-order valence-electron chi connectivity index (χ3n) is 4.49. The number of hydrogen-bond acceptors (Lipinski definition) is 4. The van der Waals surface area contributed by atoms with Crippen molar-refractivity contribution in [2.75, 3.05) is 26.2 Å². The maximum Gasteiger partial charge on any atom is 0.573 e. The minimum atomic E-state index is -4.91. The van der Waals surface area contributed by atoms with Crippen LogP contribution >= 0.6 is 0 Å². The Bertz CT molecular complexity index is 837. The van der Waals surface area contributed by atoms with E-state index in [4.69, 9.17) is 0 Å². The van der Waals surface area contributed by atoms with Gasteiger partial charge in [-0.25, -0.2) is 8.42 Å². The van der Waals surface area contributed by atoms with Gasteiger partial charge in [0.25, 0.3) is 0 Å². The number of piperidine rings is 1. The molecular formula is C19H23F3N2O4S. The highest BCUT2D eigenvalue weighted by molar-refractivity contribution is 7.89. The van der Waals surface area contributed by atoms with Crippen molar-refractivity contribution in [2.24, 2.45) is 5.92 Å². The fraction of sp³-hybridized carbons (Fsp3) is 0.421. The molecule has 160 valence electrons. The van der Waals surface area contributed by atoms with Crippen molar-refractivity contribution >= 4 is 15.9 Å². The van der Waals surface area contributed by atoms with E-state index in [1.807, 2.05) is 0 Å². The topological polar surface area (TPSA) is 66.9 Å². The van der Waals surface area contributed by atoms with E-state index in [2.05, 4.69) is 17.9 Å². The molecule has 1 saturated heterocycles. The Morgan fingerprint density at radius 1 is 1.21 bits per heavy atom. The van der Waals surface area contributed by atoms with E-state index in [0.29, 0.717) is 25.9 Å². The number of carbonyl (C=O) groups excluding carboxylic acids is 1. The van der Waals surface area contributed by atoms with Crippen molar-refractivity contribution in [3.05, 3.63) is 49.6 Å². The van der Waals surface area contributed by atoms with Crippen molar-refractivity contribution in [1.29, 1.82) is 0 Å². The zero-order valence-corrected chi connectivity index (χ0v) is 16.6. The van der Waals surface area contributed by atoms with E-state index in [1.165, 1.54) is 16.4 Å². The zero-order chi connectivity index (χ0) is 21.7. The molecule has 2 rings (SSSR count). The van der Waals surface area contributed by atoms with Crippen molar-refractivity contribution in [3.8, 4) is 5.75 Å². The smallest absolute Gasteiger partial charge is 0.406 e. The molecule has 1 aromatic rings. The van der Waals surface area contributed by atoms with Crippen molar-refractivity contribution in [2.45, 2.75) is 24.1 Å². The van der Waals surface area contributed by atoms with Gasteiger partial charge in [-0.05, 0) is 25.0 Å². The predicted molar refractivity (Wildman–Crippen MR) is 102 cm³/mol. The summed E-state index contributed by atoms with van der Waals surface area (Å²) in [5.74, 6) is -1.03. The van der Waals surface area contributed by atoms with E-state index >= 15 is 0 Å². The molecule has 1 aliphatic rings. The van der Waals surface area contributed by atoms with E-state index in [9.17, 15) is 26.4 Å². The Morgan fingerprint density at radius 3 is 2.31 bits per heavy atom. The highest BCUT2D eigenvalue weighted by Gasteiger charge is 2.35. The minimum Gasteiger partial charge on any atom is -0.406 e. The molecule has 0 spiro atoms. The van der Waals surface area contributed by atoms with Crippen LogP contribution < -0.4 is 4.74 Å². The highest BCUT2D eigenvalue weighted by atomic mass is 32.2. The van der Waals surface area contributed by atoms with E-state index in [0.717, 1.165) is 12.1 Å². The number of nitrogens with zero attached hydrogens (tertiary/aromatic N) is 2. The summed E-state index contributed by atoms with van der Waals surface area (Å²) in [5, 5.41) is 0. The van der Waals surface area contributed by atoms with Crippen LogP contribution in [0, 0.1) is 5.92 Å². The Morgan fingerprint density at radius 2 is 1.79 bits per heavy atom. The molecule has 0 atom stereocenters. The first-order valence-corrected chi connectivity index (χ1v) is 10.4. The standard InChI is InChI=1S/C19H23F3N2O4S/c1-3-10-23(11-4-2)18(25)15-8-12-24(13-9-15)29(26,27)17-7-5-6-16(14-17)28-19(20,21)22/h3-7,14-15H,1-2,8-13H2. The molecule has 0 radical (unpaired) electrons. The Kier molecular flexibility index (Phi) is 7.48. The number of sulfonamides is 1. The van der Waals surface area contributed by atoms with Gasteiger partial charge < -0.3 is 9.64 Å². The number of carbonyl (C=O) groups is 1. The maximum atomic E-state index is 12.8. The molecule has 10 heteroatoms. The van der Waals surface area contributed by atoms with Gasteiger partial charge in [-0.1, -0.05) is 18.2 Å². The molecule has 0 N–H and O–H groups in total. The summed E-state index contributed by atoms with van der Waals surface area (Å²) in [5.41, 5.74) is 0. The first-order valence-electron chi connectivity index (χ1n) is 8.95. The van der Waals surface area contributed by atoms with Gasteiger partial charge in [0.2, 0.25) is 15.9 Å². The first kappa shape index (κ1) is 23.0. The van der Waals surface area contributed by atoms with Gasteiger partial charge in [0.1, 0.15) is 5.75 Å². The SMILES string of the molecule is C=CCN(CC=C)C(=O)C1CCN(S(=O)(=O)c2cccc(OC(F)(F)F)c2)CC1. The molecule has 1 heterocycles. The lowest BCUT2D eigenvalue weighted by molar-refractivity contribution is -0.274. The summed E-state index contributed by atoms with van der Waals surface area (Å²) in [6.45, 7) is 8.18. The van der Waals surface area contributed by atoms with Crippen LogP contribution in [-0.2, 0) is 14.8 Å². The second-order valence-electron chi connectivity index (χ2n) is 6.52. The van der Waals surface area contributed by atoms with Crippen LogP contribution in [0.5, 0.6) is 5.75 Å². The summed E-state index contributed by atoms with van der Waals surface area (Å²) in [6, 6.07) is 4.28. The van der Waals surface area contributed by atoms with Crippen LogP contribution in [-0.4, -0.2) is 56.1 Å². The molecule has 0 bridgehead atoms. The van der Waals surface area contributed by atoms with Gasteiger partial charge in [0.05, 0.1) is 4.90 Å². The van der Waals surface area contributed by atoms with Gasteiger partial charge in [-0.3, -0.25) is 4.79 Å². The lowest BCUT2D eigenvalue weighted by Crippen LogP contribution is -2.44. The van der Waals surface area contributed by atoms with Crippen molar-refractivity contribution in [3.63, 3.8) is 0 Å². The summed E-state index contributed by atoms with van der Waals surface area (Å²) in [6.07, 6.45) is -1.05. The lowest BCUT2D eigenvalue weighted by atomic mass is 9.96. The Hall–Kier alpha value is -2.33. The molecular weight excluding hydrogens is 409 g/mol.